The average Bonchev–Trinajstić information content (AvgIpc) is 2.38. The first-order chi connectivity index (χ1) is 8.99. The number of benzene rings is 2. The maximum atomic E-state index is 12.1. The van der Waals surface area contributed by atoms with Crippen LogP contribution in [0.2, 0.25) is 5.02 Å². The molecule has 0 unspecified atom stereocenters. The summed E-state index contributed by atoms with van der Waals surface area (Å²) < 4.78 is 0. The minimum Gasteiger partial charge on any atom is -0.508 e. The Bertz CT molecular complexity index is 641. The Morgan fingerprint density at radius 2 is 2.05 bits per heavy atom. The Labute approximate surface area is 115 Å². The molecule has 19 heavy (non-hydrogen) atoms. The van der Waals surface area contributed by atoms with E-state index in [1.807, 2.05) is 6.92 Å². The Balaban J connectivity index is 2.31. The highest BCUT2D eigenvalue weighted by Crippen LogP contribution is 2.25. The van der Waals surface area contributed by atoms with Gasteiger partial charge in [-0.3, -0.25) is 4.79 Å². The summed E-state index contributed by atoms with van der Waals surface area (Å²) in [6, 6.07) is 9.47. The monoisotopic (exact) mass is 276 g/mol. The summed E-state index contributed by atoms with van der Waals surface area (Å²) in [4.78, 5) is 12.1. The summed E-state index contributed by atoms with van der Waals surface area (Å²) >= 11 is 5.98. The maximum absolute atomic E-state index is 12.1. The highest BCUT2D eigenvalue weighted by atomic mass is 35.5. The molecular weight excluding hydrogens is 264 g/mol. The zero-order valence-electron chi connectivity index (χ0n) is 10.3. The second kappa shape index (κ2) is 5.20. The fraction of sp³-hybridized carbons (Fsp3) is 0.0714. The van der Waals surface area contributed by atoms with Crippen molar-refractivity contribution >= 4 is 28.9 Å². The molecule has 0 radical (unpaired) electrons. The van der Waals surface area contributed by atoms with Crippen molar-refractivity contribution in [2.75, 3.05) is 11.1 Å². The quantitative estimate of drug-likeness (QED) is 0.582. The summed E-state index contributed by atoms with van der Waals surface area (Å²) in [5.74, 6) is -0.402. The third-order valence-corrected chi connectivity index (χ3v) is 3.21. The fourth-order valence-corrected chi connectivity index (χ4v) is 1.85. The predicted molar refractivity (Wildman–Crippen MR) is 76.7 cm³/mol. The average molecular weight is 277 g/mol. The van der Waals surface area contributed by atoms with Gasteiger partial charge in [0.15, 0.2) is 0 Å². The summed E-state index contributed by atoms with van der Waals surface area (Å²) in [5, 5.41) is 12.7. The molecule has 98 valence electrons. The molecule has 0 aliphatic rings. The van der Waals surface area contributed by atoms with E-state index in [9.17, 15) is 9.90 Å². The predicted octanol–water partition coefficient (Wildman–Crippen LogP) is 3.19. The number of phenols is 1. The van der Waals surface area contributed by atoms with Crippen molar-refractivity contribution in [3.05, 3.63) is 52.5 Å². The van der Waals surface area contributed by atoms with Crippen LogP contribution in [0.5, 0.6) is 5.75 Å². The second-order valence-electron chi connectivity index (χ2n) is 4.14. The van der Waals surface area contributed by atoms with Gasteiger partial charge in [-0.1, -0.05) is 17.7 Å². The lowest BCUT2D eigenvalue weighted by Gasteiger charge is -2.11. The zero-order valence-corrected chi connectivity index (χ0v) is 11.0. The van der Waals surface area contributed by atoms with E-state index >= 15 is 0 Å². The van der Waals surface area contributed by atoms with Crippen molar-refractivity contribution in [3.8, 4) is 5.75 Å². The van der Waals surface area contributed by atoms with Gasteiger partial charge in [0.2, 0.25) is 0 Å². The van der Waals surface area contributed by atoms with Crippen LogP contribution in [-0.4, -0.2) is 11.0 Å². The van der Waals surface area contributed by atoms with Gasteiger partial charge in [0, 0.05) is 16.4 Å². The Morgan fingerprint density at radius 3 is 2.79 bits per heavy atom. The van der Waals surface area contributed by atoms with E-state index in [-0.39, 0.29) is 11.3 Å². The molecule has 0 spiro atoms. The number of anilines is 2. The van der Waals surface area contributed by atoms with E-state index < -0.39 is 5.91 Å². The normalized spacial score (nSPS) is 10.2. The molecule has 2 aromatic carbocycles. The van der Waals surface area contributed by atoms with Crippen LogP contribution < -0.4 is 11.1 Å². The van der Waals surface area contributed by atoms with Crippen molar-refractivity contribution in [1.82, 2.24) is 0 Å². The van der Waals surface area contributed by atoms with Gasteiger partial charge >= 0.3 is 0 Å². The molecule has 0 bridgehead atoms. The number of hydrogen-bond donors (Lipinski definition) is 3. The second-order valence-corrected chi connectivity index (χ2v) is 4.55. The molecule has 0 aromatic heterocycles. The number of nitrogen functional groups attached to an aromatic ring is 1. The van der Waals surface area contributed by atoms with Gasteiger partial charge in [0.05, 0.1) is 5.56 Å². The van der Waals surface area contributed by atoms with Crippen LogP contribution in [0.25, 0.3) is 0 Å². The van der Waals surface area contributed by atoms with Crippen LogP contribution in [-0.2, 0) is 0 Å². The first kappa shape index (κ1) is 13.2. The molecule has 0 saturated heterocycles. The van der Waals surface area contributed by atoms with Gasteiger partial charge in [-0.25, -0.2) is 0 Å². The standard InChI is InChI=1S/C14H13ClN2O2/c1-8-11(15)3-2-4-13(8)17-14(19)10-7-9(18)5-6-12(10)16/h2-7,18H,16H2,1H3,(H,17,19). The van der Waals surface area contributed by atoms with E-state index in [1.54, 1.807) is 18.2 Å². The number of halogens is 1. The van der Waals surface area contributed by atoms with Crippen molar-refractivity contribution in [3.63, 3.8) is 0 Å². The summed E-state index contributed by atoms with van der Waals surface area (Å²) in [5.41, 5.74) is 7.62. The van der Waals surface area contributed by atoms with Crippen molar-refractivity contribution in [2.24, 2.45) is 0 Å². The minimum atomic E-state index is -0.390. The van der Waals surface area contributed by atoms with Gasteiger partial charge < -0.3 is 16.2 Å². The van der Waals surface area contributed by atoms with E-state index in [0.29, 0.717) is 16.4 Å². The van der Waals surface area contributed by atoms with Crippen LogP contribution in [0.15, 0.2) is 36.4 Å². The first-order valence-corrected chi connectivity index (χ1v) is 6.02. The van der Waals surface area contributed by atoms with Crippen molar-refractivity contribution in [2.45, 2.75) is 6.92 Å². The molecule has 4 N–H and O–H groups in total. The lowest BCUT2D eigenvalue weighted by atomic mass is 10.1. The molecule has 1 amide bonds. The molecule has 0 aliphatic heterocycles. The molecule has 0 saturated carbocycles. The largest absolute Gasteiger partial charge is 0.508 e. The highest BCUT2D eigenvalue weighted by Gasteiger charge is 2.12. The number of hydrogen-bond acceptors (Lipinski definition) is 3. The molecular formula is C14H13ClN2O2. The number of rotatable bonds is 2. The van der Waals surface area contributed by atoms with Crippen molar-refractivity contribution in [1.29, 1.82) is 0 Å². The number of carbonyl (C=O) groups is 1. The van der Waals surface area contributed by atoms with Crippen LogP contribution in [0.4, 0.5) is 11.4 Å². The SMILES string of the molecule is Cc1c(Cl)cccc1NC(=O)c1cc(O)ccc1N. The molecule has 4 nitrogen and oxygen atoms in total. The highest BCUT2D eigenvalue weighted by molar-refractivity contribution is 6.31. The number of aromatic hydroxyl groups is 1. The van der Waals surface area contributed by atoms with Gasteiger partial charge in [-0.15, -0.1) is 0 Å². The molecule has 5 heteroatoms. The number of amides is 1. The van der Waals surface area contributed by atoms with Crippen LogP contribution in [0.1, 0.15) is 15.9 Å². The summed E-state index contributed by atoms with van der Waals surface area (Å²) in [6.07, 6.45) is 0. The molecule has 0 aliphatic carbocycles. The third kappa shape index (κ3) is 2.80. The van der Waals surface area contributed by atoms with E-state index in [1.165, 1.54) is 18.2 Å². The van der Waals surface area contributed by atoms with E-state index in [4.69, 9.17) is 17.3 Å². The topological polar surface area (TPSA) is 75.3 Å². The van der Waals surface area contributed by atoms with Gasteiger partial charge in [0.1, 0.15) is 5.75 Å². The Hall–Kier alpha value is -2.20. The molecule has 0 fully saturated rings. The number of phenolic OH excluding ortho intramolecular Hbond substituents is 1. The Morgan fingerprint density at radius 1 is 1.32 bits per heavy atom. The van der Waals surface area contributed by atoms with Crippen LogP contribution >= 0.6 is 11.6 Å². The zero-order chi connectivity index (χ0) is 14.0. The van der Waals surface area contributed by atoms with E-state index in [2.05, 4.69) is 5.32 Å². The molecule has 0 atom stereocenters. The molecule has 2 rings (SSSR count). The van der Waals surface area contributed by atoms with Gasteiger partial charge in [-0.05, 0) is 42.8 Å². The maximum Gasteiger partial charge on any atom is 0.257 e. The van der Waals surface area contributed by atoms with Gasteiger partial charge in [-0.2, -0.15) is 0 Å². The van der Waals surface area contributed by atoms with E-state index in [0.717, 1.165) is 5.56 Å². The lowest BCUT2D eigenvalue weighted by Crippen LogP contribution is -2.14. The summed E-state index contributed by atoms with van der Waals surface area (Å²) in [7, 11) is 0. The summed E-state index contributed by atoms with van der Waals surface area (Å²) in [6.45, 7) is 1.81. The molecule has 2 aromatic rings. The molecule has 0 heterocycles. The smallest absolute Gasteiger partial charge is 0.257 e. The first-order valence-electron chi connectivity index (χ1n) is 5.64. The van der Waals surface area contributed by atoms with Crippen molar-refractivity contribution < 1.29 is 9.90 Å². The number of nitrogens with one attached hydrogen (secondary N) is 1. The van der Waals surface area contributed by atoms with Crippen LogP contribution in [0.3, 0.4) is 0 Å². The minimum absolute atomic E-state index is 0.0119. The third-order valence-electron chi connectivity index (χ3n) is 2.80. The number of nitrogens with two attached hydrogens (primary N) is 1. The van der Waals surface area contributed by atoms with Crippen LogP contribution in [0, 0.1) is 6.92 Å². The fourth-order valence-electron chi connectivity index (χ4n) is 1.67. The lowest BCUT2D eigenvalue weighted by molar-refractivity contribution is 0.102. The Kier molecular flexibility index (Phi) is 3.62. The number of carbonyl (C=O) groups excluding carboxylic acids is 1. The van der Waals surface area contributed by atoms with Gasteiger partial charge in [0.25, 0.3) is 5.91 Å².